The number of anilines is 2. The molecule has 3 aliphatic rings. The van der Waals surface area contributed by atoms with Crippen molar-refractivity contribution in [3.05, 3.63) is 47.1 Å². The average Bonchev–Trinajstić information content (AvgIpc) is 3.45. The van der Waals surface area contributed by atoms with Crippen LogP contribution in [-0.2, 0) is 35.1 Å². The van der Waals surface area contributed by atoms with Crippen LogP contribution in [0.4, 0.5) is 25.1 Å². The molecule has 2 N–H and O–H groups in total. The van der Waals surface area contributed by atoms with Crippen LogP contribution in [0.2, 0.25) is 5.15 Å². The zero-order valence-corrected chi connectivity index (χ0v) is 30.3. The van der Waals surface area contributed by atoms with Crippen molar-refractivity contribution >= 4 is 57.3 Å². The Hall–Kier alpha value is -3.89. The monoisotopic (exact) mass is 752 g/mol. The van der Waals surface area contributed by atoms with Gasteiger partial charge in [-0.2, -0.15) is 4.31 Å². The van der Waals surface area contributed by atoms with Crippen LogP contribution < -0.4 is 20.4 Å². The Balaban J connectivity index is 1.18. The second-order valence-electron chi connectivity index (χ2n) is 14.1. The molecule has 5 rings (SSSR count). The number of alkyl carbamates (subject to hydrolysis) is 1. The van der Waals surface area contributed by atoms with E-state index in [4.69, 9.17) is 16.3 Å². The molecule has 1 aliphatic carbocycles. The lowest BCUT2D eigenvalue weighted by Gasteiger charge is -2.36. The standard InChI is InChI=1S/C34H43ClF2N6O7S/c1-33(2,3)50-32(47)39-25-20-30(45)43(21-25)26-8-10-27(11-9-26)51(48,49)42-15-13-41(14-16-42)29-19-24(18-28(35)40-29)34(36,37)23-6-4-22(5-7-23)31(46)38-12-17-44/h8-11,17-19,22-23,25H,4-7,12-16,20-21H2,1-3H3,(H,38,46)(H,39,47)/t22-,23-,25-/m1/s1. The molecular formula is C34H43ClF2N6O7S. The summed E-state index contributed by atoms with van der Waals surface area (Å²) in [5.41, 5.74) is -0.480. The zero-order valence-electron chi connectivity index (χ0n) is 28.7. The van der Waals surface area contributed by atoms with Crippen LogP contribution >= 0.6 is 11.6 Å². The maximum Gasteiger partial charge on any atom is 0.407 e. The first-order valence-electron chi connectivity index (χ1n) is 16.9. The number of pyridine rings is 1. The molecule has 2 aliphatic heterocycles. The summed E-state index contributed by atoms with van der Waals surface area (Å²) in [7, 11) is -3.92. The highest BCUT2D eigenvalue weighted by Gasteiger charge is 2.44. The smallest absolute Gasteiger partial charge is 0.407 e. The fourth-order valence-electron chi connectivity index (χ4n) is 6.71. The van der Waals surface area contributed by atoms with Gasteiger partial charge in [0, 0.05) is 62.2 Å². The second kappa shape index (κ2) is 15.4. The quantitative estimate of drug-likeness (QED) is 0.270. The highest BCUT2D eigenvalue weighted by molar-refractivity contribution is 7.89. The summed E-state index contributed by atoms with van der Waals surface area (Å²) < 4.78 is 65.2. The number of hydrogen-bond donors (Lipinski definition) is 2. The molecule has 3 heterocycles. The number of rotatable bonds is 10. The molecule has 2 aromatic rings. The summed E-state index contributed by atoms with van der Waals surface area (Å²) in [6, 6.07) is 7.93. The lowest BCUT2D eigenvalue weighted by Crippen LogP contribution is -2.49. The lowest BCUT2D eigenvalue weighted by atomic mass is 9.77. The van der Waals surface area contributed by atoms with Crippen molar-refractivity contribution in [3.63, 3.8) is 0 Å². The van der Waals surface area contributed by atoms with Crippen LogP contribution in [0.5, 0.6) is 0 Å². The van der Waals surface area contributed by atoms with Gasteiger partial charge in [0.15, 0.2) is 0 Å². The third kappa shape index (κ3) is 9.13. The fourth-order valence-corrected chi connectivity index (χ4v) is 8.34. The van der Waals surface area contributed by atoms with E-state index in [0.29, 0.717) is 12.0 Å². The topological polar surface area (TPSA) is 158 Å². The van der Waals surface area contributed by atoms with E-state index in [-0.39, 0.29) is 105 Å². The predicted octanol–water partition coefficient (Wildman–Crippen LogP) is 4.09. The number of benzene rings is 1. The number of aldehydes is 1. The van der Waals surface area contributed by atoms with Crippen LogP contribution in [0.25, 0.3) is 0 Å². The number of nitrogens with zero attached hydrogens (tertiary/aromatic N) is 4. The minimum Gasteiger partial charge on any atom is -0.444 e. The molecule has 278 valence electrons. The maximum absolute atomic E-state index is 15.8. The van der Waals surface area contributed by atoms with Crippen molar-refractivity contribution in [2.75, 3.05) is 49.1 Å². The van der Waals surface area contributed by atoms with Crippen molar-refractivity contribution in [2.24, 2.45) is 11.8 Å². The first-order chi connectivity index (χ1) is 24.0. The largest absolute Gasteiger partial charge is 0.444 e. The Morgan fingerprint density at radius 1 is 1.04 bits per heavy atom. The molecule has 13 nitrogen and oxygen atoms in total. The van der Waals surface area contributed by atoms with Crippen molar-refractivity contribution in [1.29, 1.82) is 0 Å². The number of alkyl halides is 2. The molecule has 2 saturated heterocycles. The Bertz CT molecular complexity index is 1730. The number of carbonyl (C=O) groups is 4. The number of sulfonamides is 1. The van der Waals surface area contributed by atoms with Crippen molar-refractivity contribution < 1.29 is 41.1 Å². The number of piperazine rings is 1. The van der Waals surface area contributed by atoms with E-state index < -0.39 is 45.5 Å². The van der Waals surface area contributed by atoms with Gasteiger partial charge in [-0.3, -0.25) is 9.59 Å². The first kappa shape index (κ1) is 38.3. The number of ether oxygens (including phenoxy) is 1. The highest BCUT2D eigenvalue weighted by Crippen LogP contribution is 2.46. The van der Waals surface area contributed by atoms with Gasteiger partial charge in [0.2, 0.25) is 21.8 Å². The van der Waals surface area contributed by atoms with Gasteiger partial charge in [0.25, 0.3) is 5.92 Å². The molecular weight excluding hydrogens is 710 g/mol. The van der Waals surface area contributed by atoms with Crippen LogP contribution in [0.1, 0.15) is 58.4 Å². The lowest BCUT2D eigenvalue weighted by molar-refractivity contribution is -0.130. The third-order valence-corrected chi connectivity index (χ3v) is 11.4. The van der Waals surface area contributed by atoms with E-state index in [1.807, 2.05) is 0 Å². The molecule has 3 amide bonds. The van der Waals surface area contributed by atoms with Gasteiger partial charge >= 0.3 is 6.09 Å². The molecule has 0 bridgehead atoms. The molecule has 17 heteroatoms. The van der Waals surface area contributed by atoms with Crippen molar-refractivity contribution in [1.82, 2.24) is 19.9 Å². The van der Waals surface area contributed by atoms with Crippen LogP contribution in [0.15, 0.2) is 41.3 Å². The molecule has 1 aromatic carbocycles. The van der Waals surface area contributed by atoms with E-state index in [2.05, 4.69) is 15.6 Å². The highest BCUT2D eigenvalue weighted by atomic mass is 35.5. The summed E-state index contributed by atoms with van der Waals surface area (Å²) in [5, 5.41) is 5.08. The zero-order chi connectivity index (χ0) is 37.1. The Morgan fingerprint density at radius 3 is 2.29 bits per heavy atom. The minimum absolute atomic E-state index is 0.0357. The van der Waals surface area contributed by atoms with E-state index in [1.54, 1.807) is 37.8 Å². The van der Waals surface area contributed by atoms with Crippen molar-refractivity contribution in [2.45, 2.75) is 75.3 Å². The summed E-state index contributed by atoms with van der Waals surface area (Å²) in [6.45, 7) is 5.84. The van der Waals surface area contributed by atoms with Gasteiger partial charge < -0.3 is 30.0 Å². The van der Waals surface area contributed by atoms with Gasteiger partial charge in [-0.1, -0.05) is 11.6 Å². The van der Waals surface area contributed by atoms with E-state index in [1.165, 1.54) is 27.4 Å². The van der Waals surface area contributed by atoms with Gasteiger partial charge in [0.1, 0.15) is 22.9 Å². The molecule has 0 unspecified atom stereocenters. The molecule has 0 radical (unpaired) electrons. The Morgan fingerprint density at radius 2 is 1.69 bits per heavy atom. The SMILES string of the molecule is CC(C)(C)OC(=O)N[C@@H]1CC(=O)N(c2ccc(S(=O)(=O)N3CCN(c4cc(C(F)(F)[C@H]5CC[C@H](C(=O)NCC=O)CC5)cc(Cl)n4)CC3)cc2)C1. The molecule has 1 aromatic heterocycles. The van der Waals surface area contributed by atoms with Gasteiger partial charge in [-0.25, -0.2) is 27.0 Å². The maximum atomic E-state index is 15.8. The summed E-state index contributed by atoms with van der Waals surface area (Å²) >= 11 is 6.22. The molecule has 0 spiro atoms. The predicted molar refractivity (Wildman–Crippen MR) is 185 cm³/mol. The van der Waals surface area contributed by atoms with Gasteiger partial charge in [-0.15, -0.1) is 0 Å². The molecule has 3 fully saturated rings. The minimum atomic E-state index is -3.92. The van der Waals surface area contributed by atoms with Gasteiger partial charge in [-0.05, 0) is 82.9 Å². The Kier molecular flexibility index (Phi) is 11.6. The van der Waals surface area contributed by atoms with Gasteiger partial charge in [0.05, 0.1) is 17.5 Å². The molecule has 1 saturated carbocycles. The number of halogens is 3. The van der Waals surface area contributed by atoms with E-state index in [0.717, 1.165) is 6.07 Å². The second-order valence-corrected chi connectivity index (χ2v) is 16.4. The molecule has 51 heavy (non-hydrogen) atoms. The summed E-state index contributed by atoms with van der Waals surface area (Å²) in [5.74, 6) is -4.98. The number of nitrogens with one attached hydrogen (secondary N) is 2. The summed E-state index contributed by atoms with van der Waals surface area (Å²) in [4.78, 5) is 55.1. The van der Waals surface area contributed by atoms with E-state index in [9.17, 15) is 27.6 Å². The molecule has 1 atom stereocenters. The third-order valence-electron chi connectivity index (χ3n) is 9.33. The first-order valence-corrected chi connectivity index (χ1v) is 18.7. The average molecular weight is 753 g/mol. The number of hydrogen-bond acceptors (Lipinski definition) is 9. The number of carbonyl (C=O) groups excluding carboxylic acids is 4. The van der Waals surface area contributed by atoms with Crippen LogP contribution in [0.3, 0.4) is 0 Å². The van der Waals surface area contributed by atoms with Crippen LogP contribution in [0, 0.1) is 11.8 Å². The summed E-state index contributed by atoms with van der Waals surface area (Å²) in [6.07, 6.45) is 0.836. The van der Waals surface area contributed by atoms with Crippen LogP contribution in [-0.4, -0.2) is 92.8 Å². The Labute approximate surface area is 301 Å². The number of amides is 3. The fraction of sp³-hybridized carbons (Fsp3) is 0.559. The van der Waals surface area contributed by atoms with E-state index >= 15 is 8.78 Å². The normalized spacial score (nSPS) is 22.1. The van der Waals surface area contributed by atoms with Crippen molar-refractivity contribution in [3.8, 4) is 0 Å². The number of aromatic nitrogens is 1.